The van der Waals surface area contributed by atoms with Gasteiger partial charge in [0.1, 0.15) is 41.9 Å². The van der Waals surface area contributed by atoms with E-state index in [-0.39, 0.29) is 23.3 Å². The van der Waals surface area contributed by atoms with Crippen LogP contribution in [0.25, 0.3) is 6.08 Å². The summed E-state index contributed by atoms with van der Waals surface area (Å²) in [7, 11) is 0. The Morgan fingerprint density at radius 1 is 1.14 bits per heavy atom. The summed E-state index contributed by atoms with van der Waals surface area (Å²) in [6.07, 6.45) is -6.59. The summed E-state index contributed by atoms with van der Waals surface area (Å²) in [5.74, 6) is -1.84. The van der Waals surface area contributed by atoms with Crippen molar-refractivity contribution in [3.63, 3.8) is 0 Å². The van der Waals surface area contributed by atoms with Gasteiger partial charge in [0.25, 0.3) is 0 Å². The number of hydrogen-bond acceptors (Lipinski definition) is 12. The average Bonchev–Trinajstić information content (AvgIpc) is 3.14. The molecule has 0 bridgehead atoms. The summed E-state index contributed by atoms with van der Waals surface area (Å²) in [5.41, 5.74) is -1.26. The van der Waals surface area contributed by atoms with Crippen molar-refractivity contribution in [2.75, 3.05) is 6.61 Å². The number of ether oxygens (including phenoxy) is 4. The van der Waals surface area contributed by atoms with Crippen LogP contribution in [0.15, 0.2) is 54.3 Å². The highest BCUT2D eigenvalue weighted by molar-refractivity contribution is 5.87. The first-order valence-corrected chi connectivity index (χ1v) is 11.4. The van der Waals surface area contributed by atoms with Crippen molar-refractivity contribution >= 4 is 18.3 Å². The molecule has 1 aromatic carbocycles. The maximum atomic E-state index is 12.5. The van der Waals surface area contributed by atoms with Gasteiger partial charge in [-0.3, -0.25) is 4.79 Å². The van der Waals surface area contributed by atoms with E-state index in [0.717, 1.165) is 12.3 Å². The van der Waals surface area contributed by atoms with Gasteiger partial charge in [-0.15, -0.1) is 0 Å². The summed E-state index contributed by atoms with van der Waals surface area (Å²) in [4.78, 5) is 24.1. The van der Waals surface area contributed by atoms with E-state index in [2.05, 4.69) is 6.58 Å². The van der Waals surface area contributed by atoms with Crippen molar-refractivity contribution in [2.24, 2.45) is 5.92 Å². The lowest BCUT2D eigenvalue weighted by Crippen LogP contribution is -2.60. The van der Waals surface area contributed by atoms with Crippen molar-refractivity contribution in [1.29, 1.82) is 0 Å². The van der Waals surface area contributed by atoms with Crippen molar-refractivity contribution in [3.05, 3.63) is 59.9 Å². The second-order valence-electron chi connectivity index (χ2n) is 9.06. The summed E-state index contributed by atoms with van der Waals surface area (Å²) in [6.45, 7) is 3.23. The number of phenolic OH excluding ortho intramolecular Hbond substituents is 1. The Labute approximate surface area is 211 Å². The fourth-order valence-corrected chi connectivity index (χ4v) is 4.66. The smallest absolute Gasteiger partial charge is 0.331 e. The molecule has 200 valence electrons. The summed E-state index contributed by atoms with van der Waals surface area (Å²) < 4.78 is 22.0. The van der Waals surface area contributed by atoms with Crippen LogP contribution in [0.3, 0.4) is 0 Å². The van der Waals surface area contributed by atoms with Gasteiger partial charge in [0, 0.05) is 12.5 Å². The van der Waals surface area contributed by atoms with Gasteiger partial charge in [-0.1, -0.05) is 18.7 Å². The Balaban J connectivity index is 1.51. The number of aliphatic hydroxyl groups excluding tert-OH is 4. The maximum absolute atomic E-state index is 12.5. The first-order valence-electron chi connectivity index (χ1n) is 11.4. The van der Waals surface area contributed by atoms with E-state index in [4.69, 9.17) is 18.9 Å². The van der Waals surface area contributed by atoms with Gasteiger partial charge in [-0.2, -0.15) is 0 Å². The standard InChI is InChI=1S/C25H28O12/c1-12-16(35-18(29)7-4-13-2-5-15(28)6-3-13)8-25(33)14(9-26)11-34-23(19(12)25)37-24-22(32)21(31)20(30)17(10-27)36-24/h2-7,9,11,16-17,19-24,27-28,30-33H,1,8,10H2/t16-,17+,19-,20+,21-,22+,23-,24-,25-/m0/s1. The van der Waals surface area contributed by atoms with E-state index in [1.54, 1.807) is 12.1 Å². The normalized spacial score (nSPS) is 37.5. The Bertz CT molecular complexity index is 1080. The molecule has 0 aromatic heterocycles. The van der Waals surface area contributed by atoms with Crippen LogP contribution in [0.4, 0.5) is 0 Å². The van der Waals surface area contributed by atoms with Gasteiger partial charge in [0.05, 0.1) is 24.4 Å². The van der Waals surface area contributed by atoms with Crippen LogP contribution in [0.2, 0.25) is 0 Å². The minimum atomic E-state index is -1.90. The predicted molar refractivity (Wildman–Crippen MR) is 123 cm³/mol. The molecule has 37 heavy (non-hydrogen) atoms. The van der Waals surface area contributed by atoms with Crippen LogP contribution < -0.4 is 0 Å². The Morgan fingerprint density at radius 2 is 1.84 bits per heavy atom. The molecule has 1 saturated carbocycles. The lowest BCUT2D eigenvalue weighted by atomic mass is 9.81. The zero-order valence-corrected chi connectivity index (χ0v) is 19.5. The van der Waals surface area contributed by atoms with E-state index in [1.807, 2.05) is 0 Å². The molecule has 12 nitrogen and oxygen atoms in total. The average molecular weight is 520 g/mol. The second-order valence-corrected chi connectivity index (χ2v) is 9.06. The van der Waals surface area contributed by atoms with E-state index in [1.165, 1.54) is 18.2 Å². The molecule has 0 spiro atoms. The van der Waals surface area contributed by atoms with Crippen molar-refractivity contribution in [2.45, 2.75) is 55.1 Å². The number of fused-ring (bicyclic) bond motifs is 1. The molecule has 4 rings (SSSR count). The number of hydrogen-bond donors (Lipinski definition) is 6. The number of benzene rings is 1. The molecule has 9 atom stereocenters. The second kappa shape index (κ2) is 10.7. The zero-order chi connectivity index (χ0) is 26.9. The van der Waals surface area contributed by atoms with Crippen LogP contribution in [0.1, 0.15) is 12.0 Å². The van der Waals surface area contributed by atoms with Crippen LogP contribution in [0, 0.1) is 5.92 Å². The van der Waals surface area contributed by atoms with Crippen LogP contribution in [-0.2, 0) is 28.5 Å². The lowest BCUT2D eigenvalue weighted by Gasteiger charge is -2.44. The lowest BCUT2D eigenvalue weighted by molar-refractivity contribution is -0.342. The molecular formula is C25H28O12. The number of carbonyl (C=O) groups excluding carboxylic acids is 2. The first kappa shape index (κ1) is 26.9. The molecule has 1 aromatic rings. The van der Waals surface area contributed by atoms with Gasteiger partial charge in [0.2, 0.25) is 6.29 Å². The summed E-state index contributed by atoms with van der Waals surface area (Å²) >= 11 is 0. The third-order valence-electron chi connectivity index (χ3n) is 6.73. The van der Waals surface area contributed by atoms with E-state index >= 15 is 0 Å². The molecule has 12 heteroatoms. The molecule has 0 unspecified atom stereocenters. The number of aromatic hydroxyl groups is 1. The van der Waals surface area contributed by atoms with E-state index in [0.29, 0.717) is 11.8 Å². The Kier molecular flexibility index (Phi) is 7.80. The number of aldehydes is 1. The maximum Gasteiger partial charge on any atom is 0.331 e. The van der Waals surface area contributed by atoms with Crippen LogP contribution in [-0.4, -0.2) is 98.2 Å². The SMILES string of the molecule is C=C1[C@@H](OC(=O)C=Cc2ccc(O)cc2)C[C@]2(O)C(C=O)=CO[C@@H](O[C@@H]3O[C@H](CO)[C@@H](O)[C@H](O)[C@H]3O)[C@H]12. The minimum Gasteiger partial charge on any atom is -0.508 e. The number of carbonyl (C=O) groups is 2. The zero-order valence-electron chi connectivity index (χ0n) is 19.5. The molecule has 2 heterocycles. The third-order valence-corrected chi connectivity index (χ3v) is 6.73. The first-order chi connectivity index (χ1) is 17.6. The van der Waals surface area contributed by atoms with Crippen LogP contribution in [0.5, 0.6) is 5.75 Å². The summed E-state index contributed by atoms with van der Waals surface area (Å²) in [5, 5.41) is 60.5. The number of rotatable bonds is 7. The largest absolute Gasteiger partial charge is 0.508 e. The molecule has 1 aliphatic carbocycles. The van der Waals surface area contributed by atoms with Gasteiger partial charge in [-0.05, 0) is 29.3 Å². The molecule has 1 saturated heterocycles. The van der Waals surface area contributed by atoms with E-state index < -0.39 is 67.2 Å². The minimum absolute atomic E-state index is 0.0691. The third kappa shape index (κ3) is 5.18. The molecular weight excluding hydrogens is 492 g/mol. The summed E-state index contributed by atoms with van der Waals surface area (Å²) in [6, 6.07) is 6.08. The quantitative estimate of drug-likeness (QED) is 0.110. The number of phenols is 1. The highest BCUT2D eigenvalue weighted by Crippen LogP contribution is 2.50. The van der Waals surface area contributed by atoms with Gasteiger partial charge >= 0.3 is 5.97 Å². The predicted octanol–water partition coefficient (Wildman–Crippen LogP) is -1.12. The molecule has 3 aliphatic rings. The molecule has 0 amide bonds. The fourth-order valence-electron chi connectivity index (χ4n) is 4.66. The highest BCUT2D eigenvalue weighted by Gasteiger charge is 2.59. The Hall–Kier alpha value is -3.10. The van der Waals surface area contributed by atoms with Crippen molar-refractivity contribution in [1.82, 2.24) is 0 Å². The molecule has 6 N–H and O–H groups in total. The van der Waals surface area contributed by atoms with Gasteiger partial charge in [-0.25, -0.2) is 4.79 Å². The monoisotopic (exact) mass is 520 g/mol. The van der Waals surface area contributed by atoms with Crippen molar-refractivity contribution in [3.8, 4) is 5.75 Å². The van der Waals surface area contributed by atoms with Gasteiger partial charge < -0.3 is 49.6 Å². The highest BCUT2D eigenvalue weighted by atomic mass is 16.8. The number of aliphatic hydroxyl groups is 5. The van der Waals surface area contributed by atoms with Gasteiger partial charge in [0.15, 0.2) is 12.6 Å². The molecule has 0 radical (unpaired) electrons. The topological polar surface area (TPSA) is 192 Å². The van der Waals surface area contributed by atoms with Crippen LogP contribution >= 0.6 is 0 Å². The van der Waals surface area contributed by atoms with E-state index in [9.17, 15) is 40.2 Å². The fraction of sp³-hybridized carbons (Fsp3) is 0.440. The van der Waals surface area contributed by atoms with Crippen molar-refractivity contribution < 1.29 is 59.2 Å². The number of esters is 1. The molecule has 2 fully saturated rings. The molecule has 2 aliphatic heterocycles. The Morgan fingerprint density at radius 3 is 2.49 bits per heavy atom.